The van der Waals surface area contributed by atoms with Crippen LogP contribution in [0.15, 0.2) is 60.1 Å². The van der Waals surface area contributed by atoms with Gasteiger partial charge in [0.2, 0.25) is 11.3 Å². The molecule has 4 rings (SSSR count). The Labute approximate surface area is 186 Å². The molecule has 1 unspecified atom stereocenters. The highest BCUT2D eigenvalue weighted by molar-refractivity contribution is 7.76. The van der Waals surface area contributed by atoms with Crippen LogP contribution < -0.4 is 0 Å². The predicted octanol–water partition coefficient (Wildman–Crippen LogP) is 4.86. The molecule has 5 nitrogen and oxygen atoms in total. The maximum absolute atomic E-state index is 11.9. The van der Waals surface area contributed by atoms with E-state index < -0.39 is 11.3 Å². The highest BCUT2D eigenvalue weighted by Crippen LogP contribution is 2.35. The zero-order chi connectivity index (χ0) is 20.4. The van der Waals surface area contributed by atoms with Crippen LogP contribution in [-0.2, 0) is 17.8 Å². The van der Waals surface area contributed by atoms with Gasteiger partial charge in [-0.1, -0.05) is 47.5 Å². The van der Waals surface area contributed by atoms with Gasteiger partial charge in [0.1, 0.15) is 5.01 Å². The number of aromatic nitrogens is 1. The second-order valence-corrected chi connectivity index (χ2v) is 9.63. The third-order valence-corrected chi connectivity index (χ3v) is 7.11. The Bertz CT molecular complexity index is 917. The van der Waals surface area contributed by atoms with Crippen LogP contribution in [0, 0.1) is 0 Å². The topological polar surface area (TPSA) is 56.7 Å². The second-order valence-electron chi connectivity index (χ2n) is 6.85. The Kier molecular flexibility index (Phi) is 6.66. The fourth-order valence-corrected chi connectivity index (χ4v) is 5.13. The highest BCUT2D eigenvalue weighted by Gasteiger charge is 2.39. The first-order chi connectivity index (χ1) is 14.0. The molecule has 3 aromatic rings. The lowest BCUT2D eigenvalue weighted by Gasteiger charge is -2.47. The SMILES string of the molecule is O=S(O)N(Cc1nccs1)C1CN(C(c2ccc(Cl)cc2)c2ccc(Cl)cc2)C1. The summed E-state index contributed by atoms with van der Waals surface area (Å²) < 4.78 is 23.3. The molecule has 2 aromatic carbocycles. The molecular weight excluding hydrogens is 449 g/mol. The predicted molar refractivity (Wildman–Crippen MR) is 119 cm³/mol. The molecule has 1 atom stereocenters. The van der Waals surface area contributed by atoms with E-state index in [0.717, 1.165) is 16.1 Å². The Balaban J connectivity index is 1.54. The molecule has 152 valence electrons. The lowest BCUT2D eigenvalue weighted by Crippen LogP contribution is -2.60. The molecule has 0 amide bonds. The van der Waals surface area contributed by atoms with Crippen LogP contribution in [0.2, 0.25) is 10.0 Å². The molecule has 1 aliphatic heterocycles. The van der Waals surface area contributed by atoms with E-state index in [2.05, 4.69) is 9.88 Å². The summed E-state index contributed by atoms with van der Waals surface area (Å²) in [5.41, 5.74) is 2.23. The van der Waals surface area contributed by atoms with E-state index in [-0.39, 0.29) is 12.1 Å². The zero-order valence-electron chi connectivity index (χ0n) is 15.3. The third-order valence-electron chi connectivity index (χ3n) is 5.01. The van der Waals surface area contributed by atoms with Crippen molar-refractivity contribution in [1.29, 1.82) is 0 Å². The average Bonchev–Trinajstić information content (AvgIpc) is 3.18. The number of hydrogen-bond acceptors (Lipinski definition) is 4. The van der Waals surface area contributed by atoms with Crippen LogP contribution in [-0.4, -0.2) is 42.1 Å². The smallest absolute Gasteiger partial charge is 0.235 e. The lowest BCUT2D eigenvalue weighted by molar-refractivity contribution is 0.0498. The quantitative estimate of drug-likeness (QED) is 0.503. The summed E-state index contributed by atoms with van der Waals surface area (Å²) in [6.07, 6.45) is 1.71. The van der Waals surface area contributed by atoms with Crippen LogP contribution in [0.1, 0.15) is 22.2 Å². The van der Waals surface area contributed by atoms with E-state index in [0.29, 0.717) is 29.7 Å². The van der Waals surface area contributed by atoms with E-state index in [9.17, 15) is 8.76 Å². The molecule has 9 heteroatoms. The minimum Gasteiger partial charge on any atom is -0.294 e. The molecular formula is C20H19Cl2N3O2S2. The van der Waals surface area contributed by atoms with Gasteiger partial charge >= 0.3 is 0 Å². The minimum absolute atomic E-state index is 0.0215. The molecule has 1 aliphatic rings. The van der Waals surface area contributed by atoms with Crippen molar-refractivity contribution in [1.82, 2.24) is 14.2 Å². The minimum atomic E-state index is -2.05. The Hall–Kier alpha value is -1.32. The molecule has 0 bridgehead atoms. The maximum atomic E-state index is 11.9. The van der Waals surface area contributed by atoms with Crippen LogP contribution in [0.4, 0.5) is 0 Å². The molecule has 0 saturated carbocycles. The van der Waals surface area contributed by atoms with E-state index in [1.807, 2.05) is 53.9 Å². The second kappa shape index (κ2) is 9.22. The monoisotopic (exact) mass is 467 g/mol. The molecule has 29 heavy (non-hydrogen) atoms. The molecule has 1 fully saturated rings. The van der Waals surface area contributed by atoms with Crippen LogP contribution in [0.5, 0.6) is 0 Å². The number of likely N-dealkylation sites (tertiary alicyclic amines) is 1. The molecule has 2 heterocycles. The van der Waals surface area contributed by atoms with Gasteiger partial charge in [0, 0.05) is 34.7 Å². The summed E-state index contributed by atoms with van der Waals surface area (Å²) in [4.78, 5) is 6.53. The normalized spacial score (nSPS) is 16.3. The van der Waals surface area contributed by atoms with E-state index in [4.69, 9.17) is 23.2 Å². The Morgan fingerprint density at radius 2 is 1.66 bits per heavy atom. The van der Waals surface area contributed by atoms with Gasteiger partial charge in [-0.05, 0) is 35.4 Å². The molecule has 1 aromatic heterocycles. The van der Waals surface area contributed by atoms with Crippen molar-refractivity contribution in [3.63, 3.8) is 0 Å². The molecule has 0 radical (unpaired) electrons. The van der Waals surface area contributed by atoms with Crippen molar-refractivity contribution < 1.29 is 8.76 Å². The van der Waals surface area contributed by atoms with E-state index in [1.165, 1.54) is 11.3 Å². The summed E-state index contributed by atoms with van der Waals surface area (Å²) in [5.74, 6) is 0. The average molecular weight is 468 g/mol. The van der Waals surface area contributed by atoms with Gasteiger partial charge in [-0.2, -0.15) is 4.31 Å². The highest BCUT2D eigenvalue weighted by atomic mass is 35.5. The van der Waals surface area contributed by atoms with Gasteiger partial charge < -0.3 is 0 Å². The van der Waals surface area contributed by atoms with Gasteiger partial charge in [0.15, 0.2) is 0 Å². The van der Waals surface area contributed by atoms with Gasteiger partial charge in [-0.15, -0.1) is 11.3 Å². The van der Waals surface area contributed by atoms with Crippen molar-refractivity contribution in [2.24, 2.45) is 0 Å². The van der Waals surface area contributed by atoms with Crippen LogP contribution in [0.25, 0.3) is 0 Å². The van der Waals surface area contributed by atoms with Gasteiger partial charge in [-0.25, -0.2) is 9.19 Å². The first kappa shape index (κ1) is 20.9. The largest absolute Gasteiger partial charge is 0.294 e. The number of thiazole rings is 1. The summed E-state index contributed by atoms with van der Waals surface area (Å²) in [6, 6.07) is 15.6. The number of halogens is 2. The van der Waals surface area contributed by atoms with Crippen LogP contribution in [0.3, 0.4) is 0 Å². The van der Waals surface area contributed by atoms with E-state index >= 15 is 0 Å². The summed E-state index contributed by atoms with van der Waals surface area (Å²) >= 11 is 11.6. The molecule has 0 aliphatic carbocycles. The van der Waals surface area contributed by atoms with Gasteiger partial charge in [0.25, 0.3) is 0 Å². The van der Waals surface area contributed by atoms with Gasteiger partial charge in [0.05, 0.1) is 18.6 Å². The number of nitrogens with zero attached hydrogens (tertiary/aromatic N) is 3. The Morgan fingerprint density at radius 1 is 1.10 bits per heavy atom. The number of hydrogen-bond donors (Lipinski definition) is 1. The molecule has 1 saturated heterocycles. The summed E-state index contributed by atoms with van der Waals surface area (Å²) in [6.45, 7) is 1.72. The van der Waals surface area contributed by atoms with Crippen LogP contribution >= 0.6 is 34.5 Å². The number of benzene rings is 2. The molecule has 1 N–H and O–H groups in total. The van der Waals surface area contributed by atoms with Crippen molar-refractivity contribution in [2.75, 3.05) is 13.1 Å². The van der Waals surface area contributed by atoms with Crippen molar-refractivity contribution >= 4 is 45.8 Å². The van der Waals surface area contributed by atoms with Crippen molar-refractivity contribution in [3.05, 3.63) is 86.3 Å². The maximum Gasteiger partial charge on any atom is 0.235 e. The zero-order valence-corrected chi connectivity index (χ0v) is 18.5. The lowest BCUT2D eigenvalue weighted by atomic mass is 9.93. The first-order valence-corrected chi connectivity index (χ1v) is 11.7. The fraction of sp³-hybridized carbons (Fsp3) is 0.250. The van der Waals surface area contributed by atoms with E-state index in [1.54, 1.807) is 10.5 Å². The molecule has 0 spiro atoms. The van der Waals surface area contributed by atoms with Crippen molar-refractivity contribution in [3.8, 4) is 0 Å². The number of rotatable bonds is 7. The summed E-state index contributed by atoms with van der Waals surface area (Å²) in [5, 5.41) is 4.08. The Morgan fingerprint density at radius 3 is 2.10 bits per heavy atom. The standard InChI is InChI=1S/C20H19Cl2N3O2S2/c21-16-5-1-14(2-6-16)20(15-3-7-17(22)8-4-15)24-11-18(12-24)25(29(26)27)13-19-23-9-10-28-19/h1-10,18,20H,11-13H2,(H,26,27). The van der Waals surface area contributed by atoms with Gasteiger partial charge in [-0.3, -0.25) is 9.45 Å². The first-order valence-electron chi connectivity index (χ1n) is 9.02. The van der Waals surface area contributed by atoms with Crippen molar-refractivity contribution in [2.45, 2.75) is 18.6 Å². The fourth-order valence-electron chi connectivity index (χ4n) is 3.56. The third kappa shape index (κ3) is 4.88. The summed E-state index contributed by atoms with van der Waals surface area (Å²) in [7, 11) is 0.